The molecular weight excluding hydrogens is 400 g/mol. The molecule has 1 aromatic rings. The van der Waals surface area contributed by atoms with E-state index in [1.807, 2.05) is 19.1 Å². The van der Waals surface area contributed by atoms with Gasteiger partial charge in [-0.3, -0.25) is 4.99 Å². The Bertz CT molecular complexity index is 489. The van der Waals surface area contributed by atoms with Crippen molar-refractivity contribution in [3.8, 4) is 11.5 Å². The molecule has 0 spiro atoms. The Kier molecular flexibility index (Phi) is 9.70. The van der Waals surface area contributed by atoms with E-state index in [2.05, 4.69) is 11.9 Å². The van der Waals surface area contributed by atoms with Gasteiger partial charge in [-0.1, -0.05) is 6.92 Å². The van der Waals surface area contributed by atoms with Crippen molar-refractivity contribution in [2.24, 2.45) is 10.9 Å². The van der Waals surface area contributed by atoms with Gasteiger partial charge in [-0.25, -0.2) is 0 Å². The number of hydrogen-bond donors (Lipinski definition) is 1. The van der Waals surface area contributed by atoms with Crippen molar-refractivity contribution in [1.82, 2.24) is 0 Å². The molecule has 1 N–H and O–H groups in total. The van der Waals surface area contributed by atoms with E-state index in [1.54, 1.807) is 13.3 Å². The summed E-state index contributed by atoms with van der Waals surface area (Å²) in [5, 5.41) is 10.0. The topological polar surface area (TPSA) is 41.8 Å². The van der Waals surface area contributed by atoms with Crippen molar-refractivity contribution < 1.29 is 30.7 Å². The molecule has 0 radical (unpaired) electrons. The molecule has 0 amide bonds. The number of phenols is 1. The van der Waals surface area contributed by atoms with Crippen molar-refractivity contribution >= 4 is 23.2 Å². The van der Waals surface area contributed by atoms with Crippen LogP contribution in [0, 0.1) is 12.8 Å². The van der Waals surface area contributed by atoms with Crippen LogP contribution in [0.25, 0.3) is 0 Å². The first-order valence-corrected chi connectivity index (χ1v) is 13.7. The van der Waals surface area contributed by atoms with E-state index >= 15 is 0 Å². The van der Waals surface area contributed by atoms with Gasteiger partial charge in [0.05, 0.1) is 7.11 Å². The van der Waals surface area contributed by atoms with Crippen LogP contribution in [0.15, 0.2) is 17.1 Å². The van der Waals surface area contributed by atoms with Gasteiger partial charge in [0, 0.05) is 17.8 Å². The first-order chi connectivity index (χ1) is 10.5. The Morgan fingerprint density at radius 2 is 1.86 bits per heavy atom. The zero-order valence-electron chi connectivity index (χ0n) is 13.3. The average Bonchev–Trinajstić information content (AvgIpc) is 2.51. The quantitative estimate of drug-likeness (QED) is 0.689. The predicted octanol–water partition coefficient (Wildman–Crippen LogP) is 5.08. The first-order valence-electron chi connectivity index (χ1n) is 7.38. The van der Waals surface area contributed by atoms with Crippen LogP contribution < -0.4 is 4.74 Å². The monoisotopic (exact) mass is 421 g/mol. The standard InChI is InChI=1S/C16H23NO2.2ClH.Zr/c1-11-4-6-14(7-5-11)17-10-13-9-15(19-3)8-12(2)16(13)18;;;/h8-11,14,18H,4-7H2,1-3H3;2*1H;/q;;;+2/p-2. The summed E-state index contributed by atoms with van der Waals surface area (Å²) >= 11 is -0.826. The molecule has 1 fully saturated rings. The molecule has 1 saturated carbocycles. The first kappa shape index (κ1) is 20.0. The van der Waals surface area contributed by atoms with Gasteiger partial charge in [-0.15, -0.1) is 0 Å². The van der Waals surface area contributed by atoms with Crippen LogP contribution in [0.1, 0.15) is 43.7 Å². The third kappa shape index (κ3) is 6.60. The summed E-state index contributed by atoms with van der Waals surface area (Å²) in [5.41, 5.74) is 1.56. The molecule has 0 atom stereocenters. The number of ether oxygens (including phenoxy) is 1. The van der Waals surface area contributed by atoms with Gasteiger partial charge in [0.2, 0.25) is 0 Å². The van der Waals surface area contributed by atoms with E-state index in [9.17, 15) is 5.11 Å². The fourth-order valence-corrected chi connectivity index (χ4v) is 2.57. The second kappa shape index (κ2) is 10.7. The number of aromatic hydroxyl groups is 1. The molecule has 0 saturated heterocycles. The number of aryl methyl sites for hydroxylation is 1. The van der Waals surface area contributed by atoms with Crippen LogP contribution in [-0.4, -0.2) is 24.5 Å². The van der Waals surface area contributed by atoms with Crippen LogP contribution in [0.5, 0.6) is 11.5 Å². The van der Waals surface area contributed by atoms with Crippen LogP contribution in [0.4, 0.5) is 0 Å². The van der Waals surface area contributed by atoms with Gasteiger partial charge in [0.1, 0.15) is 11.5 Å². The van der Waals surface area contributed by atoms with Crippen LogP contribution >= 0.6 is 17.0 Å². The summed E-state index contributed by atoms with van der Waals surface area (Å²) in [4.78, 5) is 4.62. The molecule has 2 rings (SSSR count). The Morgan fingerprint density at radius 1 is 1.27 bits per heavy atom. The number of aliphatic imine (C=N–C) groups is 1. The number of rotatable bonds is 3. The summed E-state index contributed by atoms with van der Waals surface area (Å²) in [5.74, 6) is 1.89. The van der Waals surface area contributed by atoms with Crippen LogP contribution in [-0.2, 0) is 20.8 Å². The number of hydrogen-bond acceptors (Lipinski definition) is 3. The molecule has 1 aromatic carbocycles. The van der Waals surface area contributed by atoms with E-state index in [-0.39, 0.29) is 0 Å². The number of phenolic OH excluding ortho intramolecular Hbond substituents is 1. The SMILES string of the molecule is COc1cc(C)c(O)c(C=NC2CCC(C)CC2)c1.[Cl][Zr][Cl]. The Hall–Kier alpha value is -0.0469. The molecule has 122 valence electrons. The maximum atomic E-state index is 10.0. The zero-order chi connectivity index (χ0) is 16.5. The van der Waals surface area contributed by atoms with Crippen molar-refractivity contribution in [1.29, 1.82) is 0 Å². The fourth-order valence-electron chi connectivity index (χ4n) is 2.57. The van der Waals surface area contributed by atoms with Crippen molar-refractivity contribution in [3.63, 3.8) is 0 Å². The van der Waals surface area contributed by atoms with E-state index in [0.29, 0.717) is 11.8 Å². The molecule has 22 heavy (non-hydrogen) atoms. The van der Waals surface area contributed by atoms with Crippen molar-refractivity contribution in [2.75, 3.05) is 7.11 Å². The molecule has 1 aliphatic carbocycles. The number of methoxy groups -OCH3 is 1. The second-order valence-corrected chi connectivity index (χ2v) is 9.38. The van der Waals surface area contributed by atoms with E-state index in [1.165, 1.54) is 12.8 Å². The molecule has 0 aromatic heterocycles. The maximum absolute atomic E-state index is 10.0. The van der Waals surface area contributed by atoms with Gasteiger partial charge in [-0.2, -0.15) is 0 Å². The number of nitrogens with zero attached hydrogens (tertiary/aromatic N) is 1. The zero-order valence-corrected chi connectivity index (χ0v) is 17.2. The number of benzene rings is 1. The minimum absolute atomic E-state index is 0.300. The van der Waals surface area contributed by atoms with Gasteiger partial charge in [0.25, 0.3) is 0 Å². The Labute approximate surface area is 151 Å². The van der Waals surface area contributed by atoms with Gasteiger partial charge >= 0.3 is 37.9 Å². The minimum atomic E-state index is -0.826. The summed E-state index contributed by atoms with van der Waals surface area (Å²) < 4.78 is 5.22. The predicted molar refractivity (Wildman–Crippen MR) is 90.1 cm³/mol. The average molecular weight is 423 g/mol. The second-order valence-electron chi connectivity index (χ2n) is 5.65. The fraction of sp³-hybridized carbons (Fsp3) is 0.562. The number of halogens is 2. The molecule has 0 heterocycles. The molecule has 3 nitrogen and oxygen atoms in total. The third-order valence-electron chi connectivity index (χ3n) is 3.95. The summed E-state index contributed by atoms with van der Waals surface area (Å²) in [6.45, 7) is 4.18. The van der Waals surface area contributed by atoms with Crippen LogP contribution in [0.2, 0.25) is 0 Å². The Balaban J connectivity index is 0.000000745. The van der Waals surface area contributed by atoms with Gasteiger partial charge < -0.3 is 9.84 Å². The molecular formula is C16H23Cl2NO2Zr. The van der Waals surface area contributed by atoms with Crippen LogP contribution in [0.3, 0.4) is 0 Å². The van der Waals surface area contributed by atoms with E-state index in [4.69, 9.17) is 21.8 Å². The van der Waals surface area contributed by atoms with E-state index < -0.39 is 20.8 Å². The van der Waals surface area contributed by atoms with Gasteiger partial charge in [0.15, 0.2) is 0 Å². The normalized spacial score (nSPS) is 21.1. The van der Waals surface area contributed by atoms with Crippen molar-refractivity contribution in [3.05, 3.63) is 23.3 Å². The molecule has 0 bridgehead atoms. The Morgan fingerprint density at radius 3 is 2.41 bits per heavy atom. The van der Waals surface area contributed by atoms with E-state index in [0.717, 1.165) is 35.6 Å². The van der Waals surface area contributed by atoms with Crippen molar-refractivity contribution in [2.45, 2.75) is 45.6 Å². The summed E-state index contributed by atoms with van der Waals surface area (Å²) in [7, 11) is 11.5. The van der Waals surface area contributed by atoms with Gasteiger partial charge in [-0.05, 0) is 56.2 Å². The third-order valence-corrected chi connectivity index (χ3v) is 3.95. The summed E-state index contributed by atoms with van der Waals surface area (Å²) in [6, 6.07) is 4.06. The molecule has 6 heteroatoms. The molecule has 0 aliphatic heterocycles. The molecule has 0 unspecified atom stereocenters. The molecule has 1 aliphatic rings. The summed E-state index contributed by atoms with van der Waals surface area (Å²) in [6.07, 6.45) is 6.62.